The molecule has 1 aliphatic heterocycles. The summed E-state index contributed by atoms with van der Waals surface area (Å²) in [7, 11) is -0.833. The molecule has 0 aliphatic carbocycles. The minimum Gasteiger partial charge on any atom is -0.445 e. The van der Waals surface area contributed by atoms with Crippen molar-refractivity contribution in [1.82, 2.24) is 15.2 Å². The van der Waals surface area contributed by atoms with Crippen LogP contribution in [-0.2, 0) is 39.1 Å². The van der Waals surface area contributed by atoms with Crippen molar-refractivity contribution in [3.8, 4) is 11.3 Å². The number of aromatic nitrogens is 1. The van der Waals surface area contributed by atoms with Gasteiger partial charge in [0.2, 0.25) is 0 Å². The minimum atomic E-state index is -3.63. The van der Waals surface area contributed by atoms with Crippen LogP contribution in [0.25, 0.3) is 11.3 Å². The van der Waals surface area contributed by atoms with Gasteiger partial charge in [0.25, 0.3) is 0 Å². The van der Waals surface area contributed by atoms with Crippen molar-refractivity contribution in [2.75, 3.05) is 19.8 Å². The summed E-state index contributed by atoms with van der Waals surface area (Å²) in [4.78, 5) is 23.3. The van der Waals surface area contributed by atoms with Crippen LogP contribution in [0.15, 0.2) is 23.2 Å². The first-order chi connectivity index (χ1) is 14.2. The topological polar surface area (TPSA) is 116 Å². The minimum absolute atomic E-state index is 0.0305. The predicted molar refractivity (Wildman–Crippen MR) is 110 cm³/mol. The zero-order valence-electron chi connectivity index (χ0n) is 16.1. The fourth-order valence-electron chi connectivity index (χ4n) is 3.27. The van der Waals surface area contributed by atoms with Crippen LogP contribution in [0.4, 0.5) is 9.59 Å². The van der Waals surface area contributed by atoms with Gasteiger partial charge in [-0.2, -0.15) is 0 Å². The molecule has 0 unspecified atom stereocenters. The molecular weight excluding hydrogens is 457 g/mol. The van der Waals surface area contributed by atoms with E-state index in [2.05, 4.69) is 10.6 Å². The van der Waals surface area contributed by atoms with Crippen LogP contribution in [0.1, 0.15) is 11.1 Å². The largest absolute Gasteiger partial charge is 0.445 e. The Kier molecular flexibility index (Phi) is 6.49. The first-order valence-corrected chi connectivity index (χ1v) is 11.2. The van der Waals surface area contributed by atoms with Crippen LogP contribution in [0.2, 0.25) is 10.0 Å². The monoisotopic (exact) mass is 475 g/mol. The molecule has 2 aromatic rings. The number of nitrogens with one attached hydrogen (secondary N) is 2. The van der Waals surface area contributed by atoms with Gasteiger partial charge in [-0.25, -0.2) is 18.0 Å². The van der Waals surface area contributed by atoms with Gasteiger partial charge in [-0.15, -0.1) is 0 Å². The number of benzene rings is 1. The van der Waals surface area contributed by atoms with Crippen LogP contribution < -0.4 is 10.6 Å². The molecule has 3 rings (SSSR count). The highest BCUT2D eigenvalue weighted by Gasteiger charge is 2.37. The molecular formula is C18H19Cl2N3O6S. The Labute approximate surface area is 183 Å². The lowest BCUT2D eigenvalue weighted by atomic mass is 10.1. The van der Waals surface area contributed by atoms with Crippen LogP contribution >= 0.6 is 23.2 Å². The zero-order chi connectivity index (χ0) is 22.1. The van der Waals surface area contributed by atoms with Gasteiger partial charge in [0, 0.05) is 37.3 Å². The van der Waals surface area contributed by atoms with Gasteiger partial charge in [-0.1, -0.05) is 29.3 Å². The van der Waals surface area contributed by atoms with E-state index in [1.165, 1.54) is 14.1 Å². The van der Waals surface area contributed by atoms with Crippen molar-refractivity contribution in [2.24, 2.45) is 0 Å². The van der Waals surface area contributed by atoms with E-state index in [0.717, 1.165) is 0 Å². The van der Waals surface area contributed by atoms with Gasteiger partial charge < -0.3 is 24.7 Å². The van der Waals surface area contributed by atoms with Crippen LogP contribution in [0, 0.1) is 0 Å². The molecule has 0 saturated heterocycles. The number of ether oxygens (including phenoxy) is 2. The highest BCUT2D eigenvalue weighted by atomic mass is 35.5. The van der Waals surface area contributed by atoms with E-state index in [4.69, 9.17) is 32.7 Å². The molecule has 1 aromatic carbocycles. The second-order valence-electron chi connectivity index (χ2n) is 6.36. The summed E-state index contributed by atoms with van der Waals surface area (Å²) >= 11 is 12.2. The Morgan fingerprint density at radius 2 is 1.63 bits per heavy atom. The molecule has 2 amide bonds. The van der Waals surface area contributed by atoms with Gasteiger partial charge in [0.1, 0.15) is 18.2 Å². The molecule has 0 atom stereocenters. The molecule has 0 saturated carbocycles. The molecule has 1 aromatic heterocycles. The number of sulfone groups is 1. The van der Waals surface area contributed by atoms with Crippen molar-refractivity contribution in [3.63, 3.8) is 0 Å². The number of alkyl carbamates (subject to hydrolysis) is 2. The van der Waals surface area contributed by atoms with E-state index < -0.39 is 22.0 Å². The summed E-state index contributed by atoms with van der Waals surface area (Å²) < 4.78 is 37.5. The lowest BCUT2D eigenvalue weighted by Crippen LogP contribution is -2.21. The van der Waals surface area contributed by atoms with Crippen molar-refractivity contribution < 1.29 is 27.5 Å². The maximum Gasteiger partial charge on any atom is 0.407 e. The van der Waals surface area contributed by atoms with Crippen molar-refractivity contribution in [3.05, 3.63) is 39.4 Å². The summed E-state index contributed by atoms with van der Waals surface area (Å²) in [5.41, 5.74) is 1.74. The second kappa shape index (κ2) is 8.75. The van der Waals surface area contributed by atoms with E-state index in [-0.39, 0.29) is 41.1 Å². The van der Waals surface area contributed by atoms with Crippen molar-refractivity contribution in [1.29, 1.82) is 0 Å². The zero-order valence-corrected chi connectivity index (χ0v) is 18.4. The highest BCUT2D eigenvalue weighted by Crippen LogP contribution is 2.40. The van der Waals surface area contributed by atoms with Crippen molar-refractivity contribution in [2.45, 2.75) is 24.8 Å². The SMILES string of the molecule is CNC(=O)OCc1c(COC(=O)NC)c2n(c1-c1ccc(Cl)c(Cl)c1)CCS2(=O)=O. The molecule has 9 nitrogen and oxygen atoms in total. The van der Waals surface area contributed by atoms with E-state index in [1.807, 2.05) is 0 Å². The Morgan fingerprint density at radius 3 is 2.20 bits per heavy atom. The average molecular weight is 476 g/mol. The quantitative estimate of drug-likeness (QED) is 0.686. The number of amides is 2. The number of nitrogens with zero attached hydrogens (tertiary/aromatic N) is 1. The third-order valence-electron chi connectivity index (χ3n) is 4.60. The lowest BCUT2D eigenvalue weighted by molar-refractivity contribution is 0.133. The number of halogens is 2. The molecule has 162 valence electrons. The lowest BCUT2D eigenvalue weighted by Gasteiger charge is -2.12. The number of carbonyl (C=O) groups is 2. The smallest absolute Gasteiger partial charge is 0.407 e. The first-order valence-electron chi connectivity index (χ1n) is 8.81. The summed E-state index contributed by atoms with van der Waals surface area (Å²) in [6.45, 7) is -0.362. The van der Waals surface area contributed by atoms with Crippen LogP contribution in [0.3, 0.4) is 0 Å². The number of hydrogen-bond donors (Lipinski definition) is 2. The Balaban J connectivity index is 2.22. The fourth-order valence-corrected chi connectivity index (χ4v) is 5.26. The maximum absolute atomic E-state index is 12.8. The molecule has 30 heavy (non-hydrogen) atoms. The number of carbonyl (C=O) groups excluding carboxylic acids is 2. The van der Waals surface area contributed by atoms with E-state index >= 15 is 0 Å². The molecule has 0 bridgehead atoms. The molecule has 2 heterocycles. The summed E-state index contributed by atoms with van der Waals surface area (Å²) in [5, 5.41) is 5.30. The molecule has 12 heteroatoms. The standard InChI is InChI=1S/C18H19Cl2N3O6S/c1-21-17(24)28-8-11-12(9-29-18(25)22-2)16-23(5-6-30(16,26)27)15(11)10-3-4-13(19)14(20)7-10/h3-4,7H,5-6,8-9H2,1-2H3,(H,21,24)(H,22,25). The predicted octanol–water partition coefficient (Wildman–Crippen LogP) is 2.96. The van der Waals surface area contributed by atoms with E-state index in [0.29, 0.717) is 21.8 Å². The van der Waals surface area contributed by atoms with Crippen molar-refractivity contribution >= 4 is 45.2 Å². The normalized spacial score (nSPS) is 14.1. The van der Waals surface area contributed by atoms with Crippen LogP contribution in [0.5, 0.6) is 0 Å². The first kappa shape index (κ1) is 22.3. The summed E-state index contributed by atoms with van der Waals surface area (Å²) in [6, 6.07) is 4.88. The molecule has 0 radical (unpaired) electrons. The van der Waals surface area contributed by atoms with E-state index in [9.17, 15) is 18.0 Å². The third kappa shape index (κ3) is 4.21. The Morgan fingerprint density at radius 1 is 1.03 bits per heavy atom. The average Bonchev–Trinajstić information content (AvgIpc) is 3.20. The Bertz CT molecular complexity index is 1110. The highest BCUT2D eigenvalue weighted by molar-refractivity contribution is 7.91. The van der Waals surface area contributed by atoms with Gasteiger partial charge in [0.05, 0.1) is 21.5 Å². The third-order valence-corrected chi connectivity index (χ3v) is 7.11. The van der Waals surface area contributed by atoms with Gasteiger partial charge in [0.15, 0.2) is 9.84 Å². The van der Waals surface area contributed by atoms with E-state index in [1.54, 1.807) is 22.8 Å². The molecule has 1 aliphatic rings. The van der Waals surface area contributed by atoms with Gasteiger partial charge >= 0.3 is 12.2 Å². The van der Waals surface area contributed by atoms with Gasteiger partial charge in [-0.05, 0) is 12.1 Å². The second-order valence-corrected chi connectivity index (χ2v) is 9.20. The Hall–Kier alpha value is -2.43. The molecule has 2 N–H and O–H groups in total. The summed E-state index contributed by atoms with van der Waals surface area (Å²) in [6.07, 6.45) is -1.41. The van der Waals surface area contributed by atoms with Crippen LogP contribution in [-0.4, -0.2) is 45.0 Å². The fraction of sp³-hybridized carbons (Fsp3) is 0.333. The van der Waals surface area contributed by atoms with Gasteiger partial charge in [-0.3, -0.25) is 0 Å². The maximum atomic E-state index is 12.8. The number of rotatable bonds is 5. The number of fused-ring (bicyclic) bond motifs is 1. The summed E-state index contributed by atoms with van der Waals surface area (Å²) in [5.74, 6) is -0.0970. The molecule has 0 spiro atoms. The number of hydrogen-bond acceptors (Lipinski definition) is 6. The molecule has 0 fully saturated rings.